The van der Waals surface area contributed by atoms with Gasteiger partial charge < -0.3 is 37.0 Å². The zero-order valence-corrected chi connectivity index (χ0v) is 15.1. The Morgan fingerprint density at radius 3 is 2.04 bits per heavy atom. The lowest BCUT2D eigenvalue weighted by atomic mass is 10.0. The van der Waals surface area contributed by atoms with Gasteiger partial charge in [-0.2, -0.15) is 0 Å². The fraction of sp³-hybridized carbons (Fsp3) is 0.667. The number of hydrogen-bond acceptors (Lipinski definition) is 7. The zero-order valence-electron chi connectivity index (χ0n) is 15.1. The zero-order chi connectivity index (χ0) is 21.1. The minimum atomic E-state index is -1.50. The van der Waals surface area contributed by atoms with Crippen molar-refractivity contribution in [2.24, 2.45) is 11.7 Å². The molecular weight excluding hydrogens is 364 g/mol. The summed E-state index contributed by atoms with van der Waals surface area (Å²) in [5, 5.41) is 32.8. The third-order valence-electron chi connectivity index (χ3n) is 3.49. The molecule has 154 valence electrons. The molecule has 0 rings (SSSR count). The van der Waals surface area contributed by atoms with Gasteiger partial charge in [0, 0.05) is 6.42 Å². The van der Waals surface area contributed by atoms with Crippen LogP contribution in [0.25, 0.3) is 0 Å². The highest BCUT2D eigenvalue weighted by Crippen LogP contribution is 2.04. The molecule has 0 aliphatic rings. The molecule has 0 aliphatic carbocycles. The van der Waals surface area contributed by atoms with Gasteiger partial charge in [0.1, 0.15) is 12.1 Å². The topological polar surface area (TPSA) is 208 Å². The van der Waals surface area contributed by atoms with Crippen LogP contribution in [0.4, 0.5) is 0 Å². The summed E-state index contributed by atoms with van der Waals surface area (Å²) in [7, 11) is 0. The smallest absolute Gasteiger partial charge is 0.328 e. The van der Waals surface area contributed by atoms with Crippen molar-refractivity contribution in [3.05, 3.63) is 0 Å². The van der Waals surface area contributed by atoms with Crippen molar-refractivity contribution in [2.75, 3.05) is 13.2 Å². The number of hydrogen-bond donors (Lipinski definition) is 7. The van der Waals surface area contributed by atoms with E-state index in [1.807, 2.05) is 5.32 Å². The summed E-state index contributed by atoms with van der Waals surface area (Å²) in [6.45, 7) is 1.90. The van der Waals surface area contributed by atoms with E-state index < -0.39 is 60.9 Å². The van der Waals surface area contributed by atoms with E-state index in [9.17, 15) is 24.0 Å². The average Bonchev–Trinajstić information content (AvgIpc) is 2.58. The number of aliphatic hydroxyl groups excluding tert-OH is 1. The molecule has 0 fully saturated rings. The van der Waals surface area contributed by atoms with Crippen LogP contribution >= 0.6 is 0 Å². The average molecular weight is 390 g/mol. The monoisotopic (exact) mass is 390 g/mol. The molecule has 0 radical (unpaired) electrons. The molecule has 27 heavy (non-hydrogen) atoms. The minimum Gasteiger partial charge on any atom is -0.481 e. The first kappa shape index (κ1) is 24.3. The number of nitrogens with one attached hydrogen (secondary N) is 3. The lowest BCUT2D eigenvalue weighted by Crippen LogP contribution is -2.55. The molecule has 0 heterocycles. The van der Waals surface area contributed by atoms with Gasteiger partial charge in [-0.3, -0.25) is 19.2 Å². The van der Waals surface area contributed by atoms with Gasteiger partial charge in [-0.05, 0) is 12.3 Å². The second-order valence-electron chi connectivity index (χ2n) is 6.13. The quantitative estimate of drug-likeness (QED) is 0.181. The first-order valence-electron chi connectivity index (χ1n) is 8.18. The molecule has 0 aromatic carbocycles. The number of nitrogens with two attached hydrogens (primary N) is 1. The number of aliphatic hydroxyl groups is 1. The maximum Gasteiger partial charge on any atom is 0.328 e. The van der Waals surface area contributed by atoms with E-state index >= 15 is 0 Å². The molecule has 0 saturated carbocycles. The predicted octanol–water partition coefficient (Wildman–Crippen LogP) is -3.00. The summed E-state index contributed by atoms with van der Waals surface area (Å²) in [5.41, 5.74) is 5.58. The van der Waals surface area contributed by atoms with Gasteiger partial charge in [0.2, 0.25) is 17.7 Å². The van der Waals surface area contributed by atoms with Crippen LogP contribution in [0.5, 0.6) is 0 Å². The number of carboxylic acid groups (broad SMARTS) is 2. The second-order valence-corrected chi connectivity index (χ2v) is 6.13. The van der Waals surface area contributed by atoms with E-state index in [0.29, 0.717) is 0 Å². The van der Waals surface area contributed by atoms with E-state index in [-0.39, 0.29) is 18.8 Å². The number of amides is 3. The van der Waals surface area contributed by atoms with Gasteiger partial charge in [0.25, 0.3) is 0 Å². The van der Waals surface area contributed by atoms with Gasteiger partial charge in [-0.25, -0.2) is 4.79 Å². The molecule has 12 heteroatoms. The molecule has 12 nitrogen and oxygen atoms in total. The maximum atomic E-state index is 12.2. The summed E-state index contributed by atoms with van der Waals surface area (Å²) in [6, 6.07) is -3.64. The fourth-order valence-corrected chi connectivity index (χ4v) is 1.91. The van der Waals surface area contributed by atoms with E-state index in [1.165, 1.54) is 0 Å². The molecule has 0 bridgehead atoms. The van der Waals surface area contributed by atoms with E-state index in [0.717, 1.165) is 0 Å². The van der Waals surface area contributed by atoms with E-state index in [2.05, 4.69) is 10.6 Å². The Labute approximate surface area is 155 Å². The molecule has 3 atom stereocenters. The Balaban J connectivity index is 4.67. The van der Waals surface area contributed by atoms with Crippen LogP contribution in [0.1, 0.15) is 26.7 Å². The van der Waals surface area contributed by atoms with Crippen LogP contribution in [-0.4, -0.2) is 76.3 Å². The van der Waals surface area contributed by atoms with Crippen molar-refractivity contribution in [3.63, 3.8) is 0 Å². The van der Waals surface area contributed by atoms with Crippen molar-refractivity contribution in [1.82, 2.24) is 16.0 Å². The summed E-state index contributed by atoms with van der Waals surface area (Å²) in [6.07, 6.45) is -0.406. The highest BCUT2D eigenvalue weighted by Gasteiger charge is 2.27. The summed E-state index contributed by atoms with van der Waals surface area (Å²) < 4.78 is 0. The molecule has 8 N–H and O–H groups in total. The van der Waals surface area contributed by atoms with E-state index in [1.54, 1.807) is 13.8 Å². The van der Waals surface area contributed by atoms with Crippen molar-refractivity contribution in [2.45, 2.75) is 44.8 Å². The highest BCUT2D eigenvalue weighted by molar-refractivity contribution is 5.92. The van der Waals surface area contributed by atoms with Gasteiger partial charge in [-0.15, -0.1) is 0 Å². The number of carbonyl (C=O) groups excluding carboxylic acids is 3. The number of carbonyl (C=O) groups is 5. The molecule has 0 aromatic rings. The minimum absolute atomic E-state index is 0.103. The Hall–Kier alpha value is -2.73. The first-order valence-corrected chi connectivity index (χ1v) is 8.18. The highest BCUT2D eigenvalue weighted by atomic mass is 16.4. The first-order chi connectivity index (χ1) is 12.5. The van der Waals surface area contributed by atoms with Crippen LogP contribution in [0.2, 0.25) is 0 Å². The van der Waals surface area contributed by atoms with Gasteiger partial charge in [0.15, 0.2) is 0 Å². The van der Waals surface area contributed by atoms with Crippen LogP contribution in [0.15, 0.2) is 0 Å². The molecular formula is C15H26N4O8. The fourth-order valence-electron chi connectivity index (χ4n) is 1.91. The molecule has 0 aromatic heterocycles. The number of carboxylic acids is 2. The third kappa shape index (κ3) is 9.51. The van der Waals surface area contributed by atoms with Crippen molar-refractivity contribution in [3.8, 4) is 0 Å². The third-order valence-corrected chi connectivity index (χ3v) is 3.49. The Kier molecular flexibility index (Phi) is 10.6. The lowest BCUT2D eigenvalue weighted by molar-refractivity contribution is -0.143. The molecule has 0 spiro atoms. The predicted molar refractivity (Wildman–Crippen MR) is 91.3 cm³/mol. The van der Waals surface area contributed by atoms with Crippen molar-refractivity contribution in [1.29, 1.82) is 0 Å². The molecule has 0 saturated heterocycles. The summed E-state index contributed by atoms with van der Waals surface area (Å²) in [4.78, 5) is 57.1. The molecule has 3 unspecified atom stereocenters. The van der Waals surface area contributed by atoms with Crippen LogP contribution in [-0.2, 0) is 24.0 Å². The standard InChI is InChI=1S/C15H26N4O8/c1-7(2)12(19-13(24)8(16)3-4-11(22)23)14(25)17-5-10(21)18-9(6-20)15(26)27/h7-9,12,20H,3-6,16H2,1-2H3,(H,17,25)(H,18,21)(H,19,24)(H,22,23)(H,26,27). The SMILES string of the molecule is CC(C)C(NC(=O)C(N)CCC(=O)O)C(=O)NCC(=O)NC(CO)C(=O)O. The van der Waals surface area contributed by atoms with E-state index in [4.69, 9.17) is 21.1 Å². The largest absolute Gasteiger partial charge is 0.481 e. The number of aliphatic carboxylic acids is 2. The van der Waals surface area contributed by atoms with Gasteiger partial charge >= 0.3 is 11.9 Å². The van der Waals surface area contributed by atoms with Crippen LogP contribution < -0.4 is 21.7 Å². The van der Waals surface area contributed by atoms with Gasteiger partial charge in [-0.1, -0.05) is 13.8 Å². The summed E-state index contributed by atoms with van der Waals surface area (Å²) >= 11 is 0. The maximum absolute atomic E-state index is 12.2. The van der Waals surface area contributed by atoms with Gasteiger partial charge in [0.05, 0.1) is 19.2 Å². The summed E-state index contributed by atoms with van der Waals surface area (Å²) in [5.74, 6) is -5.15. The normalized spacial score (nSPS) is 14.0. The van der Waals surface area contributed by atoms with Crippen LogP contribution in [0.3, 0.4) is 0 Å². The Bertz CT molecular complexity index is 566. The Morgan fingerprint density at radius 1 is 1.00 bits per heavy atom. The van der Waals surface area contributed by atoms with Crippen LogP contribution in [0, 0.1) is 5.92 Å². The van der Waals surface area contributed by atoms with Crippen molar-refractivity contribution >= 4 is 29.7 Å². The number of rotatable bonds is 12. The molecule has 0 aliphatic heterocycles. The molecule has 3 amide bonds. The van der Waals surface area contributed by atoms with Crippen molar-refractivity contribution < 1.29 is 39.3 Å². The Morgan fingerprint density at radius 2 is 1.59 bits per heavy atom. The second kappa shape index (κ2) is 11.8. The lowest BCUT2D eigenvalue weighted by Gasteiger charge is -2.23.